The molecule has 0 aromatic carbocycles. The highest BCUT2D eigenvalue weighted by molar-refractivity contribution is 6.30. The van der Waals surface area contributed by atoms with Crippen molar-refractivity contribution in [2.75, 3.05) is 6.61 Å². The van der Waals surface area contributed by atoms with E-state index in [1.54, 1.807) is 6.92 Å². The summed E-state index contributed by atoms with van der Waals surface area (Å²) < 4.78 is 29.8. The molecule has 0 atom stereocenters. The Balaban J connectivity index is 3.18. The van der Waals surface area contributed by atoms with Gasteiger partial charge in [-0.2, -0.15) is 0 Å². The molecule has 6 heteroatoms. The number of hydrogen-bond donors (Lipinski definition) is 0. The van der Waals surface area contributed by atoms with E-state index in [9.17, 15) is 13.6 Å². The molecular formula is C10H10ClF2NO2. The van der Waals surface area contributed by atoms with E-state index in [-0.39, 0.29) is 28.6 Å². The van der Waals surface area contributed by atoms with Gasteiger partial charge in [0.15, 0.2) is 5.69 Å². The van der Waals surface area contributed by atoms with Crippen LogP contribution in [-0.4, -0.2) is 17.6 Å². The molecule has 0 aliphatic heterocycles. The minimum Gasteiger partial charge on any atom is -0.461 e. The Hall–Kier alpha value is -1.23. The van der Waals surface area contributed by atoms with Crippen LogP contribution in [0.3, 0.4) is 0 Å². The Bertz CT molecular complexity index is 410. The predicted octanol–water partition coefficient (Wildman–Crippen LogP) is 3.16. The van der Waals surface area contributed by atoms with E-state index < -0.39 is 12.4 Å². The number of hydrogen-bond acceptors (Lipinski definition) is 3. The van der Waals surface area contributed by atoms with Gasteiger partial charge in [0.2, 0.25) is 0 Å². The monoisotopic (exact) mass is 249 g/mol. The van der Waals surface area contributed by atoms with Gasteiger partial charge in [0.25, 0.3) is 6.43 Å². The number of pyridine rings is 1. The molecule has 16 heavy (non-hydrogen) atoms. The Labute approximate surface area is 96.4 Å². The van der Waals surface area contributed by atoms with Gasteiger partial charge in [-0.05, 0) is 25.5 Å². The highest BCUT2D eigenvalue weighted by Gasteiger charge is 2.19. The minimum atomic E-state index is -2.70. The van der Waals surface area contributed by atoms with Gasteiger partial charge in [-0.3, -0.25) is 0 Å². The molecule has 1 rings (SSSR count). The van der Waals surface area contributed by atoms with Crippen molar-refractivity contribution in [1.29, 1.82) is 0 Å². The largest absolute Gasteiger partial charge is 0.461 e. The van der Waals surface area contributed by atoms with Crippen LogP contribution in [0, 0.1) is 6.92 Å². The maximum Gasteiger partial charge on any atom is 0.356 e. The molecule has 0 saturated carbocycles. The molecule has 1 heterocycles. The molecular weight excluding hydrogens is 240 g/mol. The molecule has 0 radical (unpaired) electrons. The van der Waals surface area contributed by atoms with Gasteiger partial charge in [-0.25, -0.2) is 18.6 Å². The molecule has 0 saturated heterocycles. The SMILES string of the molecule is CCOC(=O)c1cc(C(F)F)c(C)c(Cl)n1. The Morgan fingerprint density at radius 2 is 2.25 bits per heavy atom. The Morgan fingerprint density at radius 3 is 2.75 bits per heavy atom. The van der Waals surface area contributed by atoms with Crippen molar-refractivity contribution < 1.29 is 18.3 Å². The third-order valence-electron chi connectivity index (χ3n) is 1.97. The number of aromatic nitrogens is 1. The van der Waals surface area contributed by atoms with E-state index in [0.29, 0.717) is 0 Å². The van der Waals surface area contributed by atoms with Crippen LogP contribution in [0.25, 0.3) is 0 Å². The van der Waals surface area contributed by atoms with Crippen LogP contribution in [0.4, 0.5) is 8.78 Å². The van der Waals surface area contributed by atoms with Crippen molar-refractivity contribution in [2.24, 2.45) is 0 Å². The van der Waals surface area contributed by atoms with E-state index in [1.807, 2.05) is 0 Å². The molecule has 0 bridgehead atoms. The zero-order valence-electron chi connectivity index (χ0n) is 8.76. The second-order valence-electron chi connectivity index (χ2n) is 3.03. The van der Waals surface area contributed by atoms with Crippen molar-refractivity contribution in [3.8, 4) is 0 Å². The molecule has 3 nitrogen and oxygen atoms in total. The summed E-state index contributed by atoms with van der Waals surface area (Å²) >= 11 is 5.66. The quantitative estimate of drug-likeness (QED) is 0.610. The molecule has 1 aromatic heterocycles. The van der Waals surface area contributed by atoms with Crippen molar-refractivity contribution in [1.82, 2.24) is 4.98 Å². The summed E-state index contributed by atoms with van der Waals surface area (Å²) in [7, 11) is 0. The maximum absolute atomic E-state index is 12.6. The lowest BCUT2D eigenvalue weighted by atomic mass is 10.1. The van der Waals surface area contributed by atoms with Crippen molar-refractivity contribution >= 4 is 17.6 Å². The third-order valence-corrected chi connectivity index (χ3v) is 2.34. The second-order valence-corrected chi connectivity index (χ2v) is 3.39. The number of ether oxygens (including phenoxy) is 1. The smallest absolute Gasteiger partial charge is 0.356 e. The lowest BCUT2D eigenvalue weighted by molar-refractivity contribution is 0.0519. The van der Waals surface area contributed by atoms with Gasteiger partial charge in [-0.1, -0.05) is 11.6 Å². The standard InChI is InChI=1S/C10H10ClF2NO2/c1-3-16-10(15)7-4-6(9(12)13)5(2)8(11)14-7/h4,9H,3H2,1-2H3. The maximum atomic E-state index is 12.6. The molecule has 0 aliphatic rings. The molecule has 1 aromatic rings. The highest BCUT2D eigenvalue weighted by atomic mass is 35.5. The van der Waals surface area contributed by atoms with E-state index in [2.05, 4.69) is 9.72 Å². The van der Waals surface area contributed by atoms with Crippen LogP contribution in [0.15, 0.2) is 6.07 Å². The van der Waals surface area contributed by atoms with Gasteiger partial charge >= 0.3 is 5.97 Å². The topological polar surface area (TPSA) is 39.2 Å². The van der Waals surface area contributed by atoms with Gasteiger partial charge in [-0.15, -0.1) is 0 Å². The van der Waals surface area contributed by atoms with Crippen LogP contribution in [0.5, 0.6) is 0 Å². The van der Waals surface area contributed by atoms with Crippen molar-refractivity contribution in [3.05, 3.63) is 28.0 Å². The fourth-order valence-corrected chi connectivity index (χ4v) is 1.33. The van der Waals surface area contributed by atoms with Gasteiger partial charge < -0.3 is 4.74 Å². The lowest BCUT2D eigenvalue weighted by Crippen LogP contribution is -2.09. The van der Waals surface area contributed by atoms with E-state index in [0.717, 1.165) is 6.07 Å². The first kappa shape index (κ1) is 12.8. The third kappa shape index (κ3) is 2.66. The Morgan fingerprint density at radius 1 is 1.62 bits per heavy atom. The molecule has 88 valence electrons. The minimum absolute atomic E-state index is 0.110. The number of nitrogens with zero attached hydrogens (tertiary/aromatic N) is 1. The summed E-state index contributed by atoms with van der Waals surface area (Å²) in [5, 5.41) is -0.110. The number of alkyl halides is 2. The zero-order chi connectivity index (χ0) is 12.3. The summed E-state index contributed by atoms with van der Waals surface area (Å²) in [5.41, 5.74) is -0.333. The molecule has 0 spiro atoms. The first-order chi connectivity index (χ1) is 7.47. The van der Waals surface area contributed by atoms with Crippen LogP contribution in [0.1, 0.15) is 35.0 Å². The number of halogens is 3. The van der Waals surface area contributed by atoms with Crippen molar-refractivity contribution in [3.63, 3.8) is 0 Å². The number of esters is 1. The average Bonchev–Trinajstić information content (AvgIpc) is 2.21. The van der Waals surface area contributed by atoms with E-state index in [4.69, 9.17) is 11.6 Å². The van der Waals surface area contributed by atoms with Gasteiger partial charge in [0.1, 0.15) is 5.15 Å². The lowest BCUT2D eigenvalue weighted by Gasteiger charge is -2.08. The Kier molecular flexibility index (Phi) is 4.18. The summed E-state index contributed by atoms with van der Waals surface area (Å²) in [6, 6.07) is 1.00. The average molecular weight is 250 g/mol. The molecule has 0 aliphatic carbocycles. The fourth-order valence-electron chi connectivity index (χ4n) is 1.13. The van der Waals surface area contributed by atoms with E-state index >= 15 is 0 Å². The molecule has 0 amide bonds. The van der Waals surface area contributed by atoms with Crippen LogP contribution in [-0.2, 0) is 4.74 Å². The highest BCUT2D eigenvalue weighted by Crippen LogP contribution is 2.27. The number of rotatable bonds is 3. The van der Waals surface area contributed by atoms with Crippen LogP contribution < -0.4 is 0 Å². The van der Waals surface area contributed by atoms with E-state index in [1.165, 1.54) is 6.92 Å². The van der Waals surface area contributed by atoms with Gasteiger partial charge in [0, 0.05) is 5.56 Å². The molecule has 0 N–H and O–H groups in total. The first-order valence-electron chi connectivity index (χ1n) is 4.59. The van der Waals surface area contributed by atoms with Crippen LogP contribution >= 0.6 is 11.6 Å². The first-order valence-corrected chi connectivity index (χ1v) is 4.97. The number of carbonyl (C=O) groups excluding carboxylic acids is 1. The molecule has 0 unspecified atom stereocenters. The fraction of sp³-hybridized carbons (Fsp3) is 0.400. The summed E-state index contributed by atoms with van der Waals surface area (Å²) in [6.45, 7) is 3.18. The zero-order valence-corrected chi connectivity index (χ0v) is 9.52. The predicted molar refractivity (Wildman–Crippen MR) is 54.9 cm³/mol. The summed E-state index contributed by atoms with van der Waals surface area (Å²) in [5.74, 6) is -0.758. The summed E-state index contributed by atoms with van der Waals surface area (Å²) in [6.07, 6.45) is -2.70. The van der Waals surface area contributed by atoms with Crippen molar-refractivity contribution in [2.45, 2.75) is 20.3 Å². The molecule has 0 fully saturated rings. The number of carbonyl (C=O) groups is 1. The summed E-state index contributed by atoms with van der Waals surface area (Å²) in [4.78, 5) is 15.0. The normalized spacial score (nSPS) is 10.6. The second kappa shape index (κ2) is 5.21. The van der Waals surface area contributed by atoms with Crippen LogP contribution in [0.2, 0.25) is 5.15 Å². The van der Waals surface area contributed by atoms with Gasteiger partial charge in [0.05, 0.1) is 6.61 Å².